The number of nitrogens with zero attached hydrogens (tertiary/aromatic N) is 1. The minimum Gasteiger partial charge on any atom is -0.354 e. The minimum absolute atomic E-state index is 0.0800. The van der Waals surface area contributed by atoms with Gasteiger partial charge in [-0.25, -0.2) is 4.98 Å². The molecule has 0 radical (unpaired) electrons. The van der Waals surface area contributed by atoms with Crippen molar-refractivity contribution in [3.63, 3.8) is 0 Å². The first-order chi connectivity index (χ1) is 13.5. The van der Waals surface area contributed by atoms with Gasteiger partial charge in [-0.1, -0.05) is 31.4 Å². The van der Waals surface area contributed by atoms with E-state index < -0.39 is 5.54 Å². The number of carbonyl (C=O) groups is 2. The lowest BCUT2D eigenvalue weighted by Crippen LogP contribution is -2.59. The molecule has 1 aliphatic rings. The van der Waals surface area contributed by atoms with Crippen LogP contribution in [-0.2, 0) is 16.0 Å². The maximum atomic E-state index is 12.5. The Kier molecular flexibility index (Phi) is 6.44. The van der Waals surface area contributed by atoms with Gasteiger partial charge in [0.25, 0.3) is 5.56 Å². The molecule has 150 valence electrons. The topological polar surface area (TPSA) is 104 Å². The third kappa shape index (κ3) is 4.58. The molecule has 1 fully saturated rings. The van der Waals surface area contributed by atoms with Crippen molar-refractivity contribution in [2.24, 2.45) is 0 Å². The molecule has 3 N–H and O–H groups in total. The van der Waals surface area contributed by atoms with Crippen LogP contribution >= 0.6 is 0 Å². The van der Waals surface area contributed by atoms with Crippen LogP contribution in [0.1, 0.15) is 57.7 Å². The van der Waals surface area contributed by atoms with Gasteiger partial charge in [0.1, 0.15) is 11.4 Å². The predicted molar refractivity (Wildman–Crippen MR) is 108 cm³/mol. The van der Waals surface area contributed by atoms with Gasteiger partial charge in [-0.15, -0.1) is 0 Å². The summed E-state index contributed by atoms with van der Waals surface area (Å²) < 4.78 is 0. The first kappa shape index (κ1) is 20.0. The molecule has 0 bridgehead atoms. The predicted octanol–water partition coefficient (Wildman–Crippen LogP) is 2.20. The largest absolute Gasteiger partial charge is 0.354 e. The Bertz CT molecular complexity index is 900. The SMILES string of the molecule is CCNC(=O)C1(NC(=O)CCCc2nc3ccccc3c(=O)[nH]2)CCCCC1. The zero-order valence-electron chi connectivity index (χ0n) is 16.3. The van der Waals surface area contributed by atoms with Gasteiger partial charge in [0.15, 0.2) is 0 Å². The Morgan fingerprint density at radius 2 is 1.93 bits per heavy atom. The van der Waals surface area contributed by atoms with E-state index >= 15 is 0 Å². The number of hydrogen-bond acceptors (Lipinski definition) is 4. The van der Waals surface area contributed by atoms with Crippen LogP contribution in [0.4, 0.5) is 0 Å². The number of amides is 2. The summed E-state index contributed by atoms with van der Waals surface area (Å²) in [5.74, 6) is 0.368. The fourth-order valence-corrected chi connectivity index (χ4v) is 3.89. The van der Waals surface area contributed by atoms with Crippen molar-refractivity contribution in [3.8, 4) is 0 Å². The average molecular weight is 384 g/mol. The van der Waals surface area contributed by atoms with Crippen LogP contribution in [0.15, 0.2) is 29.1 Å². The van der Waals surface area contributed by atoms with Crippen molar-refractivity contribution in [1.29, 1.82) is 0 Å². The van der Waals surface area contributed by atoms with Crippen LogP contribution in [0, 0.1) is 0 Å². The fourth-order valence-electron chi connectivity index (χ4n) is 3.89. The maximum Gasteiger partial charge on any atom is 0.258 e. The van der Waals surface area contributed by atoms with E-state index in [1.165, 1.54) is 0 Å². The van der Waals surface area contributed by atoms with E-state index in [0.29, 0.717) is 49.0 Å². The number of aryl methyl sites for hydroxylation is 1. The first-order valence-corrected chi connectivity index (χ1v) is 10.1. The lowest BCUT2D eigenvalue weighted by atomic mass is 9.80. The first-order valence-electron chi connectivity index (χ1n) is 10.1. The summed E-state index contributed by atoms with van der Waals surface area (Å²) >= 11 is 0. The van der Waals surface area contributed by atoms with Crippen molar-refractivity contribution in [2.75, 3.05) is 6.54 Å². The van der Waals surface area contributed by atoms with Crippen molar-refractivity contribution < 1.29 is 9.59 Å². The second-order valence-corrected chi connectivity index (χ2v) is 7.43. The highest BCUT2D eigenvalue weighted by Gasteiger charge is 2.40. The van der Waals surface area contributed by atoms with E-state index in [1.54, 1.807) is 18.2 Å². The van der Waals surface area contributed by atoms with Gasteiger partial charge in [-0.2, -0.15) is 0 Å². The number of fused-ring (bicyclic) bond motifs is 1. The van der Waals surface area contributed by atoms with E-state index in [1.807, 2.05) is 13.0 Å². The second kappa shape index (κ2) is 8.99. The summed E-state index contributed by atoms with van der Waals surface area (Å²) in [5, 5.41) is 6.42. The molecule has 28 heavy (non-hydrogen) atoms. The number of para-hydroxylation sites is 1. The average Bonchev–Trinajstić information content (AvgIpc) is 2.69. The van der Waals surface area contributed by atoms with Crippen molar-refractivity contribution in [2.45, 2.75) is 63.8 Å². The Labute approximate surface area is 164 Å². The molecule has 1 aliphatic carbocycles. The molecular formula is C21H28N4O3. The summed E-state index contributed by atoms with van der Waals surface area (Å²) in [5.41, 5.74) is -0.286. The number of H-pyrrole nitrogens is 1. The summed E-state index contributed by atoms with van der Waals surface area (Å²) in [6.07, 6.45) is 5.70. The van der Waals surface area contributed by atoms with Gasteiger partial charge >= 0.3 is 0 Å². The molecule has 3 rings (SSSR count). The smallest absolute Gasteiger partial charge is 0.258 e. The standard InChI is InChI=1S/C21H28N4O3/c1-2-22-20(28)21(13-6-3-7-14-21)25-18(26)12-8-11-17-23-16-10-5-4-9-15(16)19(27)24-17/h4-5,9-10H,2-3,6-8,11-14H2,1H3,(H,22,28)(H,25,26)(H,23,24,27). The van der Waals surface area contributed by atoms with E-state index in [4.69, 9.17) is 0 Å². The fraction of sp³-hybridized carbons (Fsp3) is 0.524. The minimum atomic E-state index is -0.777. The number of aromatic amines is 1. The molecule has 0 aliphatic heterocycles. The van der Waals surface area contributed by atoms with Gasteiger partial charge in [-0.3, -0.25) is 14.4 Å². The number of likely N-dealkylation sites (N-methyl/N-ethyl adjacent to an activating group) is 1. The van der Waals surface area contributed by atoms with Crippen molar-refractivity contribution >= 4 is 22.7 Å². The van der Waals surface area contributed by atoms with Gasteiger partial charge in [-0.05, 0) is 38.3 Å². The highest BCUT2D eigenvalue weighted by Crippen LogP contribution is 2.28. The van der Waals surface area contributed by atoms with Crippen LogP contribution in [-0.4, -0.2) is 33.9 Å². The molecule has 1 saturated carbocycles. The number of aromatic nitrogens is 2. The van der Waals surface area contributed by atoms with E-state index in [2.05, 4.69) is 20.6 Å². The van der Waals surface area contributed by atoms with Gasteiger partial charge in [0, 0.05) is 19.4 Å². The Hall–Kier alpha value is -2.70. The molecule has 0 unspecified atom stereocenters. The van der Waals surface area contributed by atoms with Crippen LogP contribution in [0.2, 0.25) is 0 Å². The number of carbonyl (C=O) groups excluding carboxylic acids is 2. The molecule has 0 saturated heterocycles. The molecule has 2 aromatic rings. The van der Waals surface area contributed by atoms with Crippen LogP contribution < -0.4 is 16.2 Å². The molecule has 1 aromatic heterocycles. The summed E-state index contributed by atoms with van der Waals surface area (Å²) in [7, 11) is 0. The van der Waals surface area contributed by atoms with E-state index in [0.717, 1.165) is 19.3 Å². The lowest BCUT2D eigenvalue weighted by Gasteiger charge is -2.36. The summed E-state index contributed by atoms with van der Waals surface area (Å²) in [6.45, 7) is 2.44. The van der Waals surface area contributed by atoms with Crippen LogP contribution in [0.3, 0.4) is 0 Å². The van der Waals surface area contributed by atoms with Crippen molar-refractivity contribution in [1.82, 2.24) is 20.6 Å². The van der Waals surface area contributed by atoms with Gasteiger partial charge in [0.05, 0.1) is 10.9 Å². The zero-order chi connectivity index (χ0) is 20.0. The lowest BCUT2D eigenvalue weighted by molar-refractivity contribution is -0.135. The normalized spacial score (nSPS) is 15.9. The third-order valence-corrected chi connectivity index (χ3v) is 5.34. The molecular weight excluding hydrogens is 356 g/mol. The van der Waals surface area contributed by atoms with Gasteiger partial charge in [0.2, 0.25) is 11.8 Å². The number of nitrogens with one attached hydrogen (secondary N) is 3. The van der Waals surface area contributed by atoms with Crippen molar-refractivity contribution in [3.05, 3.63) is 40.4 Å². The molecule has 1 heterocycles. The Morgan fingerprint density at radius 3 is 2.68 bits per heavy atom. The molecule has 2 amide bonds. The second-order valence-electron chi connectivity index (χ2n) is 7.43. The Morgan fingerprint density at radius 1 is 1.18 bits per heavy atom. The molecule has 7 heteroatoms. The van der Waals surface area contributed by atoms with Gasteiger partial charge < -0.3 is 15.6 Å². The van der Waals surface area contributed by atoms with Crippen LogP contribution in [0.25, 0.3) is 10.9 Å². The molecule has 0 atom stereocenters. The molecule has 1 aromatic carbocycles. The van der Waals surface area contributed by atoms with E-state index in [-0.39, 0.29) is 23.8 Å². The third-order valence-electron chi connectivity index (χ3n) is 5.34. The van der Waals surface area contributed by atoms with Crippen LogP contribution in [0.5, 0.6) is 0 Å². The summed E-state index contributed by atoms with van der Waals surface area (Å²) in [4.78, 5) is 44.4. The zero-order valence-corrected chi connectivity index (χ0v) is 16.3. The molecule has 7 nitrogen and oxygen atoms in total. The number of hydrogen-bond donors (Lipinski definition) is 3. The maximum absolute atomic E-state index is 12.5. The Balaban J connectivity index is 1.59. The highest BCUT2D eigenvalue weighted by molar-refractivity contribution is 5.91. The number of rotatable bonds is 7. The quantitative estimate of drug-likeness (QED) is 0.681. The highest BCUT2D eigenvalue weighted by atomic mass is 16.2. The molecule has 0 spiro atoms. The van der Waals surface area contributed by atoms with E-state index in [9.17, 15) is 14.4 Å². The number of benzene rings is 1. The summed E-state index contributed by atoms with van der Waals surface area (Å²) in [6, 6.07) is 7.19. The monoisotopic (exact) mass is 384 g/mol.